The van der Waals surface area contributed by atoms with Crippen LogP contribution in [0.1, 0.15) is 56.8 Å². The van der Waals surface area contributed by atoms with Gasteiger partial charge in [0.1, 0.15) is 0 Å². The largest absolute Gasteiger partial charge is 0.374 e. The summed E-state index contributed by atoms with van der Waals surface area (Å²) in [6.45, 7) is 14.6. The van der Waals surface area contributed by atoms with Crippen LogP contribution in [0.2, 0.25) is 0 Å². The topological polar surface area (TPSA) is 21.3 Å². The molecule has 19 heavy (non-hydrogen) atoms. The lowest BCUT2D eigenvalue weighted by Gasteiger charge is -2.38. The molecule has 2 heteroatoms. The van der Waals surface area contributed by atoms with E-state index in [1.54, 1.807) is 0 Å². The van der Waals surface area contributed by atoms with Crippen LogP contribution in [0.25, 0.3) is 0 Å². The minimum atomic E-state index is -0.162. The van der Waals surface area contributed by atoms with E-state index in [4.69, 9.17) is 4.74 Å². The van der Waals surface area contributed by atoms with Crippen molar-refractivity contribution in [1.82, 2.24) is 5.32 Å². The summed E-state index contributed by atoms with van der Waals surface area (Å²) in [5.74, 6) is 0. The van der Waals surface area contributed by atoms with E-state index < -0.39 is 0 Å². The standard InChI is InChI=1S/C17H29NO/c1-7-17(6,19-9-3)16(18-8-2)15-11-13(4)10-14(5)12-15/h10-12,16,18H,7-9H2,1-6H3. The number of likely N-dealkylation sites (N-methyl/N-ethyl adjacent to an activating group) is 1. The first-order chi connectivity index (χ1) is 8.96. The van der Waals surface area contributed by atoms with Crippen molar-refractivity contribution in [1.29, 1.82) is 0 Å². The van der Waals surface area contributed by atoms with Gasteiger partial charge in [-0.25, -0.2) is 0 Å². The molecule has 1 rings (SSSR count). The molecule has 1 N–H and O–H groups in total. The molecule has 2 nitrogen and oxygen atoms in total. The number of nitrogens with one attached hydrogen (secondary N) is 1. The summed E-state index contributed by atoms with van der Waals surface area (Å²) >= 11 is 0. The zero-order valence-electron chi connectivity index (χ0n) is 13.3. The fraction of sp³-hybridized carbons (Fsp3) is 0.647. The van der Waals surface area contributed by atoms with Gasteiger partial charge in [0.05, 0.1) is 11.6 Å². The first-order valence-corrected chi connectivity index (χ1v) is 7.42. The van der Waals surface area contributed by atoms with Crippen molar-refractivity contribution in [3.05, 3.63) is 34.9 Å². The van der Waals surface area contributed by atoms with Crippen LogP contribution in [-0.4, -0.2) is 18.8 Å². The van der Waals surface area contributed by atoms with E-state index in [9.17, 15) is 0 Å². The summed E-state index contributed by atoms with van der Waals surface area (Å²) in [5, 5.41) is 3.60. The summed E-state index contributed by atoms with van der Waals surface area (Å²) in [4.78, 5) is 0. The Balaban J connectivity index is 3.17. The minimum absolute atomic E-state index is 0.162. The Kier molecular flexibility index (Phi) is 6.02. The second-order valence-electron chi connectivity index (χ2n) is 5.51. The molecule has 2 unspecified atom stereocenters. The average molecular weight is 263 g/mol. The van der Waals surface area contributed by atoms with Crippen molar-refractivity contribution in [2.75, 3.05) is 13.2 Å². The number of hydrogen-bond donors (Lipinski definition) is 1. The van der Waals surface area contributed by atoms with Crippen LogP contribution >= 0.6 is 0 Å². The highest BCUT2D eigenvalue weighted by Gasteiger charge is 2.34. The van der Waals surface area contributed by atoms with Gasteiger partial charge in [0, 0.05) is 6.61 Å². The van der Waals surface area contributed by atoms with Crippen LogP contribution in [0.5, 0.6) is 0 Å². The third-order valence-electron chi connectivity index (χ3n) is 3.77. The highest BCUT2D eigenvalue weighted by Crippen LogP contribution is 2.33. The van der Waals surface area contributed by atoms with Gasteiger partial charge in [-0.1, -0.05) is 43.2 Å². The van der Waals surface area contributed by atoms with Crippen LogP contribution in [0.4, 0.5) is 0 Å². The number of aryl methyl sites for hydroxylation is 2. The van der Waals surface area contributed by atoms with E-state index >= 15 is 0 Å². The maximum atomic E-state index is 6.06. The van der Waals surface area contributed by atoms with Gasteiger partial charge < -0.3 is 10.1 Å². The molecule has 0 spiro atoms. The van der Waals surface area contributed by atoms with Gasteiger partial charge in [0.15, 0.2) is 0 Å². The van der Waals surface area contributed by atoms with Crippen molar-refractivity contribution in [3.63, 3.8) is 0 Å². The molecular formula is C17H29NO. The molecule has 0 heterocycles. The Hall–Kier alpha value is -0.860. The number of rotatable bonds is 7. The van der Waals surface area contributed by atoms with Gasteiger partial charge in [-0.15, -0.1) is 0 Å². The van der Waals surface area contributed by atoms with Crippen molar-refractivity contribution in [2.24, 2.45) is 0 Å². The minimum Gasteiger partial charge on any atom is -0.374 e. The fourth-order valence-electron chi connectivity index (χ4n) is 2.79. The van der Waals surface area contributed by atoms with E-state index in [0.717, 1.165) is 19.6 Å². The predicted molar refractivity (Wildman–Crippen MR) is 82.7 cm³/mol. The number of ether oxygens (including phenoxy) is 1. The second-order valence-corrected chi connectivity index (χ2v) is 5.51. The van der Waals surface area contributed by atoms with Gasteiger partial charge in [-0.2, -0.15) is 0 Å². The van der Waals surface area contributed by atoms with Crippen molar-refractivity contribution >= 4 is 0 Å². The third-order valence-corrected chi connectivity index (χ3v) is 3.77. The zero-order valence-corrected chi connectivity index (χ0v) is 13.3. The molecule has 1 aromatic carbocycles. The highest BCUT2D eigenvalue weighted by molar-refractivity contribution is 5.32. The molecule has 2 atom stereocenters. The molecule has 0 saturated carbocycles. The van der Waals surface area contributed by atoms with E-state index in [-0.39, 0.29) is 11.6 Å². The summed E-state index contributed by atoms with van der Waals surface area (Å²) in [5.41, 5.74) is 3.79. The molecule has 1 aromatic rings. The predicted octanol–water partition coefficient (Wildman–Crippen LogP) is 4.16. The zero-order chi connectivity index (χ0) is 14.5. The molecule has 0 aliphatic heterocycles. The van der Waals surface area contributed by atoms with Crippen molar-refractivity contribution in [3.8, 4) is 0 Å². The molecule has 0 radical (unpaired) electrons. The summed E-state index contributed by atoms with van der Waals surface area (Å²) in [6, 6.07) is 7.00. The Morgan fingerprint density at radius 2 is 1.68 bits per heavy atom. The molecule has 108 valence electrons. The summed E-state index contributed by atoms with van der Waals surface area (Å²) in [6.07, 6.45) is 0.992. The Labute approximate surface area is 118 Å². The molecule has 0 saturated heterocycles. The quantitative estimate of drug-likeness (QED) is 0.797. The average Bonchev–Trinajstić information content (AvgIpc) is 2.34. The fourth-order valence-corrected chi connectivity index (χ4v) is 2.79. The third kappa shape index (κ3) is 4.05. The molecular weight excluding hydrogens is 234 g/mol. The van der Waals surface area contributed by atoms with Crippen molar-refractivity contribution in [2.45, 2.75) is 59.6 Å². The summed E-state index contributed by atoms with van der Waals surface area (Å²) in [7, 11) is 0. The lowest BCUT2D eigenvalue weighted by atomic mass is 9.86. The Morgan fingerprint density at radius 1 is 1.11 bits per heavy atom. The first kappa shape index (κ1) is 16.2. The van der Waals surface area contributed by atoms with Crippen LogP contribution in [0.3, 0.4) is 0 Å². The van der Waals surface area contributed by atoms with Crippen molar-refractivity contribution < 1.29 is 4.74 Å². The maximum absolute atomic E-state index is 6.06. The summed E-state index contributed by atoms with van der Waals surface area (Å²) < 4.78 is 6.06. The molecule has 0 aromatic heterocycles. The molecule has 0 aliphatic carbocycles. The first-order valence-electron chi connectivity index (χ1n) is 7.42. The van der Waals surface area contributed by atoms with Gasteiger partial charge in [-0.05, 0) is 46.2 Å². The normalized spacial score (nSPS) is 16.1. The number of benzene rings is 1. The van der Waals surface area contributed by atoms with Gasteiger partial charge in [-0.3, -0.25) is 0 Å². The maximum Gasteiger partial charge on any atom is 0.0845 e. The lowest BCUT2D eigenvalue weighted by molar-refractivity contribution is -0.0560. The van der Waals surface area contributed by atoms with E-state index in [1.807, 2.05) is 0 Å². The SMILES string of the molecule is CCNC(c1cc(C)cc(C)c1)C(C)(CC)OCC. The lowest BCUT2D eigenvalue weighted by Crippen LogP contribution is -2.43. The van der Waals surface area contributed by atoms with E-state index in [1.165, 1.54) is 16.7 Å². The van der Waals surface area contributed by atoms with Gasteiger partial charge >= 0.3 is 0 Å². The smallest absolute Gasteiger partial charge is 0.0845 e. The Morgan fingerprint density at radius 3 is 2.11 bits per heavy atom. The van der Waals surface area contributed by atoms with Gasteiger partial charge in [0.25, 0.3) is 0 Å². The molecule has 0 fully saturated rings. The molecule has 0 aliphatic rings. The van der Waals surface area contributed by atoms with Crippen LogP contribution in [-0.2, 0) is 4.74 Å². The monoisotopic (exact) mass is 263 g/mol. The molecule has 0 amide bonds. The molecule has 0 bridgehead atoms. The van der Waals surface area contributed by atoms with Gasteiger partial charge in [0.2, 0.25) is 0 Å². The van der Waals surface area contributed by atoms with E-state index in [0.29, 0.717) is 0 Å². The Bertz CT molecular complexity index is 382. The highest BCUT2D eigenvalue weighted by atomic mass is 16.5. The van der Waals surface area contributed by atoms with Crippen LogP contribution < -0.4 is 5.32 Å². The number of hydrogen-bond acceptors (Lipinski definition) is 2. The second kappa shape index (κ2) is 7.06. The van der Waals surface area contributed by atoms with Crippen LogP contribution in [0, 0.1) is 13.8 Å². The van der Waals surface area contributed by atoms with E-state index in [2.05, 4.69) is 65.1 Å². The van der Waals surface area contributed by atoms with Crippen LogP contribution in [0.15, 0.2) is 18.2 Å².